The fourth-order valence-electron chi connectivity index (χ4n) is 3.88. The normalized spacial score (nSPS) is 32.0. The van der Waals surface area contributed by atoms with Gasteiger partial charge in [-0.3, -0.25) is 19.4 Å². The van der Waals surface area contributed by atoms with Crippen LogP contribution >= 0.6 is 0 Å². The summed E-state index contributed by atoms with van der Waals surface area (Å²) in [6.07, 6.45) is 7.45. The molecule has 2 unspecified atom stereocenters. The molecule has 5 nitrogen and oxygen atoms in total. The lowest BCUT2D eigenvalue weighted by Gasteiger charge is -2.39. The van der Waals surface area contributed by atoms with Crippen molar-refractivity contribution in [2.75, 3.05) is 26.2 Å². The van der Waals surface area contributed by atoms with Crippen LogP contribution in [0.25, 0.3) is 0 Å². The molecule has 2 amide bonds. The second kappa shape index (κ2) is 6.22. The summed E-state index contributed by atoms with van der Waals surface area (Å²) in [7, 11) is 0. The summed E-state index contributed by atoms with van der Waals surface area (Å²) in [6, 6.07) is 1.02. The van der Waals surface area contributed by atoms with Gasteiger partial charge in [-0.2, -0.15) is 0 Å². The van der Waals surface area contributed by atoms with Crippen LogP contribution in [0.2, 0.25) is 0 Å². The number of likely N-dealkylation sites (tertiary alicyclic amines) is 2. The Morgan fingerprint density at radius 1 is 1.15 bits per heavy atom. The lowest BCUT2D eigenvalue weighted by atomic mass is 9.94. The van der Waals surface area contributed by atoms with Gasteiger partial charge in [0, 0.05) is 25.0 Å². The van der Waals surface area contributed by atoms with Crippen molar-refractivity contribution in [2.24, 2.45) is 0 Å². The molecule has 3 aliphatic heterocycles. The minimum Gasteiger partial charge on any atom is -0.312 e. The van der Waals surface area contributed by atoms with Crippen LogP contribution in [0.5, 0.6) is 0 Å². The highest BCUT2D eigenvalue weighted by atomic mass is 16.2. The summed E-state index contributed by atoms with van der Waals surface area (Å²) in [6.45, 7) is 3.15. The largest absolute Gasteiger partial charge is 0.312 e. The first kappa shape index (κ1) is 14.0. The van der Waals surface area contributed by atoms with Crippen molar-refractivity contribution in [2.45, 2.75) is 57.0 Å². The number of carbonyl (C=O) groups is 2. The lowest BCUT2D eigenvalue weighted by molar-refractivity contribution is -0.143. The Labute approximate surface area is 120 Å². The van der Waals surface area contributed by atoms with E-state index in [0.29, 0.717) is 31.6 Å². The smallest absolute Gasteiger partial charge is 0.243 e. The van der Waals surface area contributed by atoms with E-state index in [4.69, 9.17) is 0 Å². The van der Waals surface area contributed by atoms with Gasteiger partial charge >= 0.3 is 0 Å². The van der Waals surface area contributed by atoms with Gasteiger partial charge in [0.25, 0.3) is 0 Å². The molecule has 3 saturated heterocycles. The Balaban J connectivity index is 1.61. The van der Waals surface area contributed by atoms with E-state index in [1.165, 1.54) is 37.0 Å². The Bertz CT molecular complexity index is 379. The molecule has 3 aliphatic rings. The number of carbonyl (C=O) groups excluding carboxylic acids is 2. The van der Waals surface area contributed by atoms with Gasteiger partial charge < -0.3 is 5.32 Å². The van der Waals surface area contributed by atoms with E-state index >= 15 is 0 Å². The standard InChI is InChI=1S/C15H25N3O2/c19-14-7-4-10-18(14)15(20)11-17-9-2-1-6-13(17)12-5-3-8-16-12/h12-13,16H,1-11H2. The lowest BCUT2D eigenvalue weighted by Crippen LogP contribution is -2.53. The van der Waals surface area contributed by atoms with Gasteiger partial charge in [0.15, 0.2) is 0 Å². The van der Waals surface area contributed by atoms with E-state index in [-0.39, 0.29) is 11.8 Å². The zero-order chi connectivity index (χ0) is 13.9. The average Bonchev–Trinajstić information content (AvgIpc) is 3.10. The predicted octanol–water partition coefficient (Wildman–Crippen LogP) is 0.742. The SMILES string of the molecule is O=C1CCCN1C(=O)CN1CCCCC1C1CCCN1. The van der Waals surface area contributed by atoms with Gasteiger partial charge in [0.05, 0.1) is 6.54 Å². The van der Waals surface area contributed by atoms with Crippen molar-refractivity contribution in [3.05, 3.63) is 0 Å². The summed E-state index contributed by atoms with van der Waals surface area (Å²) in [5, 5.41) is 3.57. The Kier molecular flexibility index (Phi) is 4.36. The van der Waals surface area contributed by atoms with Crippen molar-refractivity contribution in [3.8, 4) is 0 Å². The molecule has 2 atom stereocenters. The van der Waals surface area contributed by atoms with Crippen LogP contribution in [0.3, 0.4) is 0 Å². The molecule has 0 radical (unpaired) electrons. The minimum atomic E-state index is 0.0115. The van der Waals surface area contributed by atoms with Crippen molar-refractivity contribution in [3.63, 3.8) is 0 Å². The number of nitrogens with zero attached hydrogens (tertiary/aromatic N) is 2. The number of amides is 2. The van der Waals surface area contributed by atoms with Crippen molar-refractivity contribution in [1.82, 2.24) is 15.1 Å². The number of piperidine rings is 1. The second-order valence-electron chi connectivity index (χ2n) is 6.28. The Morgan fingerprint density at radius 3 is 2.75 bits per heavy atom. The van der Waals surface area contributed by atoms with Crippen LogP contribution in [0.1, 0.15) is 44.9 Å². The van der Waals surface area contributed by atoms with E-state index in [0.717, 1.165) is 19.5 Å². The summed E-state index contributed by atoms with van der Waals surface area (Å²) in [5.74, 6) is 0.0277. The van der Waals surface area contributed by atoms with E-state index in [9.17, 15) is 9.59 Å². The number of hydrogen-bond donors (Lipinski definition) is 1. The van der Waals surface area contributed by atoms with Gasteiger partial charge in [0.1, 0.15) is 0 Å². The van der Waals surface area contributed by atoms with E-state index < -0.39 is 0 Å². The van der Waals surface area contributed by atoms with Crippen LogP contribution < -0.4 is 5.32 Å². The Morgan fingerprint density at radius 2 is 2.05 bits per heavy atom. The van der Waals surface area contributed by atoms with E-state index in [1.54, 1.807) is 0 Å². The number of imide groups is 1. The number of nitrogens with one attached hydrogen (secondary N) is 1. The third-order valence-corrected chi connectivity index (χ3v) is 4.94. The maximum absolute atomic E-state index is 12.3. The highest BCUT2D eigenvalue weighted by Crippen LogP contribution is 2.24. The monoisotopic (exact) mass is 279 g/mol. The molecule has 0 aromatic carbocycles. The van der Waals surface area contributed by atoms with Gasteiger partial charge in [0.2, 0.25) is 11.8 Å². The quantitative estimate of drug-likeness (QED) is 0.828. The van der Waals surface area contributed by atoms with Crippen LogP contribution in [-0.4, -0.2) is 59.9 Å². The van der Waals surface area contributed by atoms with Gasteiger partial charge in [-0.15, -0.1) is 0 Å². The molecule has 0 aromatic rings. The highest BCUT2D eigenvalue weighted by Gasteiger charge is 2.34. The molecule has 112 valence electrons. The Hall–Kier alpha value is -0.940. The van der Waals surface area contributed by atoms with Crippen LogP contribution in [0, 0.1) is 0 Å². The maximum atomic E-state index is 12.3. The molecular weight excluding hydrogens is 254 g/mol. The first-order chi connectivity index (χ1) is 9.75. The molecule has 0 aliphatic carbocycles. The first-order valence-corrected chi connectivity index (χ1v) is 8.06. The zero-order valence-electron chi connectivity index (χ0n) is 12.1. The number of hydrogen-bond acceptors (Lipinski definition) is 4. The van der Waals surface area contributed by atoms with Gasteiger partial charge in [-0.05, 0) is 45.2 Å². The molecule has 3 heterocycles. The summed E-state index contributed by atoms with van der Waals surface area (Å²) in [4.78, 5) is 27.8. The average molecular weight is 279 g/mol. The molecule has 5 heteroatoms. The third kappa shape index (κ3) is 2.88. The van der Waals surface area contributed by atoms with E-state index in [2.05, 4.69) is 10.2 Å². The first-order valence-electron chi connectivity index (χ1n) is 8.06. The summed E-state index contributed by atoms with van der Waals surface area (Å²) in [5.41, 5.74) is 0. The van der Waals surface area contributed by atoms with Crippen molar-refractivity contribution in [1.29, 1.82) is 0 Å². The molecule has 20 heavy (non-hydrogen) atoms. The molecular formula is C15H25N3O2. The molecule has 3 fully saturated rings. The fourth-order valence-corrected chi connectivity index (χ4v) is 3.88. The second-order valence-corrected chi connectivity index (χ2v) is 6.28. The van der Waals surface area contributed by atoms with Gasteiger partial charge in [-0.25, -0.2) is 0 Å². The fraction of sp³-hybridized carbons (Fsp3) is 0.867. The van der Waals surface area contributed by atoms with E-state index in [1.807, 2.05) is 0 Å². The third-order valence-electron chi connectivity index (χ3n) is 4.94. The van der Waals surface area contributed by atoms with Crippen LogP contribution in [-0.2, 0) is 9.59 Å². The number of rotatable bonds is 3. The highest BCUT2D eigenvalue weighted by molar-refractivity contribution is 5.97. The minimum absolute atomic E-state index is 0.0115. The summed E-state index contributed by atoms with van der Waals surface area (Å²) >= 11 is 0. The molecule has 3 rings (SSSR count). The summed E-state index contributed by atoms with van der Waals surface area (Å²) < 4.78 is 0. The van der Waals surface area contributed by atoms with Crippen LogP contribution in [0.4, 0.5) is 0 Å². The molecule has 0 bridgehead atoms. The predicted molar refractivity (Wildman–Crippen MR) is 76.2 cm³/mol. The van der Waals surface area contributed by atoms with Crippen LogP contribution in [0.15, 0.2) is 0 Å². The van der Waals surface area contributed by atoms with Crippen molar-refractivity contribution < 1.29 is 9.59 Å². The topological polar surface area (TPSA) is 52.7 Å². The van der Waals surface area contributed by atoms with Gasteiger partial charge in [-0.1, -0.05) is 6.42 Å². The molecule has 0 aromatic heterocycles. The van der Waals surface area contributed by atoms with Crippen molar-refractivity contribution >= 4 is 11.8 Å². The molecule has 1 N–H and O–H groups in total. The zero-order valence-corrected chi connectivity index (χ0v) is 12.1. The molecule has 0 spiro atoms. The molecule has 0 saturated carbocycles. The maximum Gasteiger partial charge on any atom is 0.243 e.